The zero-order valence-corrected chi connectivity index (χ0v) is 19.9. The molecule has 0 saturated heterocycles. The summed E-state index contributed by atoms with van der Waals surface area (Å²) in [6.45, 7) is -0.562. The second-order valence-electron chi connectivity index (χ2n) is 6.74. The maximum atomic E-state index is 13.1. The van der Waals surface area contributed by atoms with Crippen LogP contribution >= 0.6 is 11.8 Å². The van der Waals surface area contributed by atoms with Gasteiger partial charge in [0, 0.05) is 10.5 Å². The van der Waals surface area contributed by atoms with Gasteiger partial charge in [0.2, 0.25) is 0 Å². The molecule has 0 bridgehead atoms. The number of thioether (sulfide) groups is 1. The molecule has 0 heterocycles. The average Bonchev–Trinajstić information content (AvgIpc) is 2.84. The van der Waals surface area contributed by atoms with Gasteiger partial charge in [-0.2, -0.15) is 0 Å². The number of anilines is 1. The number of nitrogens with one attached hydrogen (secondary N) is 1. The van der Waals surface area contributed by atoms with E-state index in [9.17, 15) is 23.4 Å². The first kappa shape index (κ1) is 25.2. The Kier molecular flexibility index (Phi) is 8.26. The monoisotopic (exact) mass is 504 g/mol. The Hall–Kier alpha value is -3.41. The SMILES string of the molecule is COc1ccccc1Oc1c(NS(=O)(=O)c2ccc(SC)cc2)cc(C(=O)[O-])cc1OCCO. The van der Waals surface area contributed by atoms with E-state index in [0.717, 1.165) is 17.0 Å². The fraction of sp³-hybridized carbons (Fsp3) is 0.174. The molecule has 34 heavy (non-hydrogen) atoms. The zero-order valence-electron chi connectivity index (χ0n) is 18.3. The van der Waals surface area contributed by atoms with E-state index in [-0.39, 0.29) is 46.6 Å². The summed E-state index contributed by atoms with van der Waals surface area (Å²) >= 11 is 1.46. The highest BCUT2D eigenvalue weighted by Crippen LogP contribution is 2.43. The molecule has 9 nitrogen and oxygen atoms in total. The minimum Gasteiger partial charge on any atom is -0.545 e. The van der Waals surface area contributed by atoms with Gasteiger partial charge in [-0.1, -0.05) is 12.1 Å². The van der Waals surface area contributed by atoms with E-state index in [4.69, 9.17) is 14.2 Å². The minimum atomic E-state index is -4.14. The van der Waals surface area contributed by atoms with Crippen LogP contribution in [0.3, 0.4) is 0 Å². The number of methoxy groups -OCH3 is 1. The number of carboxylic acids is 1. The Labute approximate surface area is 201 Å². The number of aliphatic hydroxyl groups is 1. The van der Waals surface area contributed by atoms with Crippen molar-refractivity contribution in [2.45, 2.75) is 9.79 Å². The zero-order chi connectivity index (χ0) is 24.7. The van der Waals surface area contributed by atoms with Crippen molar-refractivity contribution < 1.29 is 37.6 Å². The van der Waals surface area contributed by atoms with Crippen LogP contribution in [0.15, 0.2) is 70.5 Å². The summed E-state index contributed by atoms with van der Waals surface area (Å²) in [6, 6.07) is 15.0. The van der Waals surface area contributed by atoms with Crippen LogP contribution < -0.4 is 24.0 Å². The molecular weight excluding hydrogens is 482 g/mol. The summed E-state index contributed by atoms with van der Waals surface area (Å²) in [6.07, 6.45) is 1.86. The van der Waals surface area contributed by atoms with Gasteiger partial charge < -0.3 is 29.2 Å². The predicted molar refractivity (Wildman–Crippen MR) is 125 cm³/mol. The summed E-state index contributed by atoms with van der Waals surface area (Å²) < 4.78 is 45.3. The number of rotatable bonds is 11. The van der Waals surface area contributed by atoms with E-state index >= 15 is 0 Å². The Morgan fingerprint density at radius 2 is 1.74 bits per heavy atom. The first-order chi connectivity index (χ1) is 16.3. The fourth-order valence-electron chi connectivity index (χ4n) is 2.94. The molecule has 0 fully saturated rings. The quantitative estimate of drug-likeness (QED) is 0.378. The van der Waals surface area contributed by atoms with Crippen molar-refractivity contribution in [2.75, 3.05) is 31.3 Å². The van der Waals surface area contributed by atoms with Gasteiger partial charge in [0.1, 0.15) is 6.61 Å². The Balaban J connectivity index is 2.13. The second-order valence-corrected chi connectivity index (χ2v) is 9.31. The smallest absolute Gasteiger partial charge is 0.262 e. The largest absolute Gasteiger partial charge is 0.545 e. The third kappa shape index (κ3) is 5.93. The van der Waals surface area contributed by atoms with Crippen molar-refractivity contribution in [1.82, 2.24) is 0 Å². The highest BCUT2D eigenvalue weighted by atomic mass is 32.2. The summed E-state index contributed by atoms with van der Waals surface area (Å²) in [5.74, 6) is -1.21. The highest BCUT2D eigenvalue weighted by molar-refractivity contribution is 7.98. The van der Waals surface area contributed by atoms with Crippen LogP contribution in [0.5, 0.6) is 23.0 Å². The molecule has 0 unspecified atom stereocenters. The van der Waals surface area contributed by atoms with Crippen LogP contribution in [0.25, 0.3) is 0 Å². The number of ether oxygens (including phenoxy) is 3. The van der Waals surface area contributed by atoms with Crippen molar-refractivity contribution in [3.8, 4) is 23.0 Å². The maximum absolute atomic E-state index is 13.1. The van der Waals surface area contributed by atoms with Crippen molar-refractivity contribution >= 4 is 33.4 Å². The topological polar surface area (TPSA) is 134 Å². The van der Waals surface area contributed by atoms with Gasteiger partial charge in [-0.05, 0) is 54.8 Å². The Morgan fingerprint density at radius 1 is 1.06 bits per heavy atom. The Morgan fingerprint density at radius 3 is 2.32 bits per heavy atom. The number of hydrogen-bond donors (Lipinski definition) is 2. The van der Waals surface area contributed by atoms with Gasteiger partial charge in [0.25, 0.3) is 10.0 Å². The lowest BCUT2D eigenvalue weighted by Crippen LogP contribution is -2.23. The summed E-state index contributed by atoms with van der Waals surface area (Å²) in [4.78, 5) is 12.4. The lowest BCUT2D eigenvalue weighted by molar-refractivity contribution is -0.255. The predicted octanol–water partition coefficient (Wildman–Crippen LogP) is 2.74. The number of sulfonamides is 1. The summed E-state index contributed by atoms with van der Waals surface area (Å²) in [7, 11) is -2.70. The number of carboxylic acid groups (broad SMARTS) is 1. The van der Waals surface area contributed by atoms with Gasteiger partial charge in [0.15, 0.2) is 23.0 Å². The fourth-order valence-corrected chi connectivity index (χ4v) is 4.40. The number of aliphatic hydroxyl groups excluding tert-OH is 1. The molecule has 0 aromatic heterocycles. The van der Waals surface area contributed by atoms with E-state index in [2.05, 4.69) is 4.72 Å². The molecule has 0 radical (unpaired) electrons. The number of para-hydroxylation sites is 2. The van der Waals surface area contributed by atoms with E-state index < -0.39 is 16.0 Å². The molecule has 180 valence electrons. The molecular formula is C23H22NO8S2-. The van der Waals surface area contributed by atoms with Gasteiger partial charge in [0.05, 0.1) is 30.3 Å². The third-order valence-corrected chi connectivity index (χ3v) is 6.66. The first-order valence-corrected chi connectivity index (χ1v) is 12.6. The van der Waals surface area contributed by atoms with Crippen LogP contribution in [-0.4, -0.2) is 46.1 Å². The molecule has 3 aromatic carbocycles. The number of hydrogen-bond acceptors (Lipinski definition) is 9. The van der Waals surface area contributed by atoms with Gasteiger partial charge in [-0.3, -0.25) is 4.72 Å². The molecule has 11 heteroatoms. The van der Waals surface area contributed by atoms with Crippen LogP contribution in [0.2, 0.25) is 0 Å². The minimum absolute atomic E-state index is 0.0368. The molecule has 3 rings (SSSR count). The highest BCUT2D eigenvalue weighted by Gasteiger charge is 2.22. The molecule has 0 aliphatic heterocycles. The van der Waals surface area contributed by atoms with Crippen LogP contribution in [0, 0.1) is 0 Å². The van der Waals surface area contributed by atoms with E-state index in [1.165, 1.54) is 31.0 Å². The molecule has 0 atom stereocenters. The van der Waals surface area contributed by atoms with E-state index in [0.29, 0.717) is 5.75 Å². The number of aromatic carboxylic acids is 1. The maximum Gasteiger partial charge on any atom is 0.262 e. The van der Waals surface area contributed by atoms with E-state index in [1.54, 1.807) is 36.4 Å². The van der Waals surface area contributed by atoms with Gasteiger partial charge in [-0.25, -0.2) is 8.42 Å². The summed E-state index contributed by atoms with van der Waals surface area (Å²) in [5, 5.41) is 20.8. The Bertz CT molecular complexity index is 1260. The molecule has 0 amide bonds. The lowest BCUT2D eigenvalue weighted by atomic mass is 10.1. The second kappa shape index (κ2) is 11.1. The molecule has 0 aliphatic carbocycles. The van der Waals surface area contributed by atoms with Crippen LogP contribution in [0.1, 0.15) is 10.4 Å². The first-order valence-electron chi connectivity index (χ1n) is 9.90. The van der Waals surface area contributed by atoms with Crippen LogP contribution in [0.4, 0.5) is 5.69 Å². The average molecular weight is 505 g/mol. The summed E-state index contributed by atoms with van der Waals surface area (Å²) in [5.41, 5.74) is -0.551. The van der Waals surface area contributed by atoms with Gasteiger partial charge in [-0.15, -0.1) is 11.8 Å². The van der Waals surface area contributed by atoms with Crippen molar-refractivity contribution in [3.63, 3.8) is 0 Å². The van der Waals surface area contributed by atoms with Crippen molar-refractivity contribution in [1.29, 1.82) is 0 Å². The molecule has 3 aromatic rings. The lowest BCUT2D eigenvalue weighted by Gasteiger charge is -2.20. The normalized spacial score (nSPS) is 11.0. The molecule has 0 aliphatic rings. The molecule has 2 N–H and O–H groups in total. The van der Waals surface area contributed by atoms with Crippen LogP contribution in [-0.2, 0) is 10.0 Å². The number of carbonyl (C=O) groups excluding carboxylic acids is 1. The van der Waals surface area contributed by atoms with Crippen molar-refractivity contribution in [3.05, 3.63) is 66.2 Å². The van der Waals surface area contributed by atoms with Gasteiger partial charge >= 0.3 is 0 Å². The number of carbonyl (C=O) groups is 1. The van der Waals surface area contributed by atoms with Crippen molar-refractivity contribution in [2.24, 2.45) is 0 Å². The molecule has 0 spiro atoms. The standard InChI is InChI=1S/C23H23NO8S2/c1-30-19-5-3-4-6-20(19)32-22-18(13-15(23(26)27)14-21(22)31-12-11-25)24-34(28,29)17-9-7-16(33-2)8-10-17/h3-10,13-14,24-25H,11-12H2,1-2H3,(H,26,27)/p-1. The van der Waals surface area contributed by atoms with E-state index in [1.807, 2.05) is 6.26 Å². The molecule has 0 saturated carbocycles. The number of benzene rings is 3. The third-order valence-electron chi connectivity index (χ3n) is 4.53.